The first-order valence-electron chi connectivity index (χ1n) is 6.96. The van der Waals surface area contributed by atoms with Gasteiger partial charge in [0.1, 0.15) is 0 Å². The van der Waals surface area contributed by atoms with Gasteiger partial charge in [0, 0.05) is 23.7 Å². The number of nitrogens with zero attached hydrogens (tertiary/aromatic N) is 1. The van der Waals surface area contributed by atoms with Gasteiger partial charge in [0.15, 0.2) is 0 Å². The molecule has 1 N–H and O–H groups in total. The van der Waals surface area contributed by atoms with Gasteiger partial charge in [-0.1, -0.05) is 24.6 Å². The summed E-state index contributed by atoms with van der Waals surface area (Å²) < 4.78 is 0. The number of likely N-dealkylation sites (tertiary alicyclic amines) is 1. The average molecular weight is 281 g/mol. The second kappa shape index (κ2) is 6.92. The van der Waals surface area contributed by atoms with Crippen LogP contribution in [0.4, 0.5) is 0 Å². The summed E-state index contributed by atoms with van der Waals surface area (Å²) in [5, 5.41) is 4.00. The van der Waals surface area contributed by atoms with Crippen LogP contribution in [0.15, 0.2) is 24.3 Å². The Morgan fingerprint density at radius 2 is 2.16 bits per heavy atom. The van der Waals surface area contributed by atoms with Crippen LogP contribution >= 0.6 is 11.6 Å². The smallest absolute Gasteiger partial charge is 0.253 e. The van der Waals surface area contributed by atoms with Gasteiger partial charge >= 0.3 is 0 Å². The van der Waals surface area contributed by atoms with Crippen molar-refractivity contribution in [2.24, 2.45) is 5.92 Å². The zero-order valence-corrected chi connectivity index (χ0v) is 12.1. The molecule has 19 heavy (non-hydrogen) atoms. The lowest BCUT2D eigenvalue weighted by Crippen LogP contribution is -2.40. The summed E-state index contributed by atoms with van der Waals surface area (Å²) in [6, 6.07) is 7.20. The average Bonchev–Trinajstić information content (AvgIpc) is 2.45. The molecule has 0 atom stereocenters. The molecular weight excluding hydrogens is 260 g/mol. The first kappa shape index (κ1) is 14.4. The van der Waals surface area contributed by atoms with Crippen molar-refractivity contribution < 1.29 is 4.79 Å². The minimum Gasteiger partial charge on any atom is -0.339 e. The number of piperidine rings is 1. The van der Waals surface area contributed by atoms with Gasteiger partial charge in [-0.25, -0.2) is 0 Å². The van der Waals surface area contributed by atoms with E-state index in [1.54, 1.807) is 12.1 Å². The Hall–Kier alpha value is -1.06. The summed E-state index contributed by atoms with van der Waals surface area (Å²) in [5.74, 6) is 0.799. The maximum absolute atomic E-state index is 12.3. The Bertz CT molecular complexity index is 428. The molecule has 0 aromatic heterocycles. The van der Waals surface area contributed by atoms with Crippen LogP contribution in [-0.4, -0.2) is 37.0 Å². The lowest BCUT2D eigenvalue weighted by molar-refractivity contribution is 0.0690. The van der Waals surface area contributed by atoms with E-state index >= 15 is 0 Å². The van der Waals surface area contributed by atoms with Crippen LogP contribution < -0.4 is 5.32 Å². The highest BCUT2D eigenvalue weighted by molar-refractivity contribution is 6.30. The van der Waals surface area contributed by atoms with Crippen LogP contribution in [0.2, 0.25) is 5.02 Å². The predicted octanol–water partition coefficient (Wildman–Crippen LogP) is 2.80. The van der Waals surface area contributed by atoms with Gasteiger partial charge in [0.25, 0.3) is 5.91 Å². The van der Waals surface area contributed by atoms with Crippen LogP contribution in [0, 0.1) is 5.92 Å². The van der Waals surface area contributed by atoms with Gasteiger partial charge in [-0.05, 0) is 50.0 Å². The summed E-state index contributed by atoms with van der Waals surface area (Å²) in [4.78, 5) is 14.3. The Morgan fingerprint density at radius 3 is 2.79 bits per heavy atom. The van der Waals surface area contributed by atoms with Crippen molar-refractivity contribution in [2.75, 3.05) is 26.2 Å². The number of benzene rings is 1. The Labute approximate surface area is 119 Å². The van der Waals surface area contributed by atoms with Gasteiger partial charge in [0.2, 0.25) is 0 Å². The van der Waals surface area contributed by atoms with Crippen LogP contribution in [-0.2, 0) is 0 Å². The molecule has 1 saturated heterocycles. The fourth-order valence-electron chi connectivity index (χ4n) is 2.49. The molecule has 4 heteroatoms. The van der Waals surface area contributed by atoms with Crippen molar-refractivity contribution in [1.82, 2.24) is 10.2 Å². The zero-order chi connectivity index (χ0) is 13.7. The van der Waals surface area contributed by atoms with E-state index in [1.807, 2.05) is 17.0 Å². The number of halogens is 1. The highest BCUT2D eigenvalue weighted by Gasteiger charge is 2.23. The van der Waals surface area contributed by atoms with Gasteiger partial charge in [0.05, 0.1) is 0 Å². The first-order chi connectivity index (χ1) is 9.20. The lowest BCUT2D eigenvalue weighted by Gasteiger charge is -2.32. The number of carbonyl (C=O) groups excluding carboxylic acids is 1. The summed E-state index contributed by atoms with van der Waals surface area (Å²) in [6.07, 6.45) is 2.17. The van der Waals surface area contributed by atoms with E-state index in [4.69, 9.17) is 11.6 Å². The fourth-order valence-corrected chi connectivity index (χ4v) is 2.68. The molecule has 1 heterocycles. The zero-order valence-electron chi connectivity index (χ0n) is 11.4. The summed E-state index contributed by atoms with van der Waals surface area (Å²) in [7, 11) is 0. The third kappa shape index (κ3) is 3.95. The third-order valence-electron chi connectivity index (χ3n) is 3.66. The Morgan fingerprint density at radius 1 is 1.42 bits per heavy atom. The topological polar surface area (TPSA) is 32.3 Å². The molecule has 104 valence electrons. The molecule has 1 aliphatic heterocycles. The lowest BCUT2D eigenvalue weighted by atomic mass is 9.96. The highest BCUT2D eigenvalue weighted by Crippen LogP contribution is 2.19. The van der Waals surface area contributed by atoms with Crippen molar-refractivity contribution in [3.8, 4) is 0 Å². The third-order valence-corrected chi connectivity index (χ3v) is 3.89. The standard InChI is InChI=1S/C15H21ClN2O/c1-2-17-11-12-6-8-18(9-7-12)15(19)13-4-3-5-14(16)10-13/h3-5,10,12,17H,2,6-9,11H2,1H3. The minimum absolute atomic E-state index is 0.101. The minimum atomic E-state index is 0.101. The van der Waals surface area contributed by atoms with E-state index in [9.17, 15) is 4.79 Å². The summed E-state index contributed by atoms with van der Waals surface area (Å²) in [6.45, 7) is 5.90. The Kier molecular flexibility index (Phi) is 5.23. The molecule has 0 aliphatic carbocycles. The van der Waals surface area contributed by atoms with E-state index in [0.717, 1.165) is 39.0 Å². The molecule has 1 amide bonds. The van der Waals surface area contributed by atoms with E-state index in [2.05, 4.69) is 12.2 Å². The van der Waals surface area contributed by atoms with Gasteiger partial charge in [-0.15, -0.1) is 0 Å². The molecule has 1 fully saturated rings. The van der Waals surface area contributed by atoms with Crippen molar-refractivity contribution in [3.63, 3.8) is 0 Å². The van der Waals surface area contributed by atoms with Crippen LogP contribution in [0.1, 0.15) is 30.1 Å². The molecule has 1 aromatic carbocycles. The highest BCUT2D eigenvalue weighted by atomic mass is 35.5. The van der Waals surface area contributed by atoms with E-state index in [0.29, 0.717) is 16.5 Å². The van der Waals surface area contributed by atoms with Crippen molar-refractivity contribution >= 4 is 17.5 Å². The molecular formula is C15H21ClN2O. The van der Waals surface area contributed by atoms with Crippen molar-refractivity contribution in [2.45, 2.75) is 19.8 Å². The second-order valence-corrected chi connectivity index (χ2v) is 5.49. The SMILES string of the molecule is CCNCC1CCN(C(=O)c2cccc(Cl)c2)CC1. The maximum atomic E-state index is 12.3. The number of nitrogens with one attached hydrogen (secondary N) is 1. The molecule has 2 rings (SSSR count). The number of hydrogen-bond acceptors (Lipinski definition) is 2. The fraction of sp³-hybridized carbons (Fsp3) is 0.533. The van der Waals surface area contributed by atoms with Crippen LogP contribution in [0.3, 0.4) is 0 Å². The Balaban J connectivity index is 1.89. The molecule has 0 spiro atoms. The monoisotopic (exact) mass is 280 g/mol. The number of carbonyl (C=O) groups is 1. The number of hydrogen-bond donors (Lipinski definition) is 1. The molecule has 3 nitrogen and oxygen atoms in total. The van der Waals surface area contributed by atoms with Crippen LogP contribution in [0.5, 0.6) is 0 Å². The molecule has 0 radical (unpaired) electrons. The first-order valence-corrected chi connectivity index (χ1v) is 7.34. The largest absolute Gasteiger partial charge is 0.339 e. The molecule has 1 aliphatic rings. The van der Waals surface area contributed by atoms with Crippen LogP contribution in [0.25, 0.3) is 0 Å². The van der Waals surface area contributed by atoms with Gasteiger partial charge < -0.3 is 10.2 Å². The molecule has 0 saturated carbocycles. The maximum Gasteiger partial charge on any atom is 0.253 e. The number of amides is 1. The number of rotatable bonds is 4. The van der Waals surface area contributed by atoms with E-state index < -0.39 is 0 Å². The van der Waals surface area contributed by atoms with Gasteiger partial charge in [-0.3, -0.25) is 4.79 Å². The van der Waals surface area contributed by atoms with Crippen molar-refractivity contribution in [3.05, 3.63) is 34.9 Å². The summed E-state index contributed by atoms with van der Waals surface area (Å²) in [5.41, 5.74) is 0.692. The predicted molar refractivity (Wildman–Crippen MR) is 78.6 cm³/mol. The molecule has 0 bridgehead atoms. The quantitative estimate of drug-likeness (QED) is 0.920. The summed E-state index contributed by atoms with van der Waals surface area (Å²) >= 11 is 5.93. The second-order valence-electron chi connectivity index (χ2n) is 5.05. The molecule has 1 aromatic rings. The normalized spacial score (nSPS) is 16.6. The van der Waals surface area contributed by atoms with E-state index in [-0.39, 0.29) is 5.91 Å². The van der Waals surface area contributed by atoms with Gasteiger partial charge in [-0.2, -0.15) is 0 Å². The molecule has 0 unspecified atom stereocenters. The van der Waals surface area contributed by atoms with Crippen molar-refractivity contribution in [1.29, 1.82) is 0 Å². The van der Waals surface area contributed by atoms with E-state index in [1.165, 1.54) is 0 Å².